The molecule has 0 radical (unpaired) electrons. The first-order valence-corrected chi connectivity index (χ1v) is 18.8. The Hall–Kier alpha value is -6.68. The fraction of sp³-hybridized carbons (Fsp3) is 0. The van der Waals surface area contributed by atoms with Gasteiger partial charge in [-0.1, -0.05) is 127 Å². The lowest BCUT2D eigenvalue weighted by Crippen LogP contribution is -2.09. The molecule has 3 heteroatoms. The quantitative estimate of drug-likeness (QED) is 0.178. The summed E-state index contributed by atoms with van der Waals surface area (Å²) in [5, 5.41) is 9.68. The second kappa shape index (κ2) is 11.9. The Labute approximate surface area is 310 Å². The van der Waals surface area contributed by atoms with Crippen molar-refractivity contribution >= 4 is 92.1 Å². The van der Waals surface area contributed by atoms with Crippen LogP contribution in [0.2, 0.25) is 0 Å². The highest BCUT2D eigenvalue weighted by atomic mass is 32.1. The number of nitrogens with zero attached hydrogens (tertiary/aromatic N) is 1. The topological polar surface area (TPSA) is 16.4 Å². The highest BCUT2D eigenvalue weighted by Gasteiger charge is 2.19. The molecular weight excluding hydrogens is 663 g/mol. The van der Waals surface area contributed by atoms with E-state index in [4.69, 9.17) is 4.42 Å². The number of fused-ring (bicyclic) bond motifs is 10. The Morgan fingerprint density at radius 2 is 1.00 bits per heavy atom. The maximum absolute atomic E-state index is 6.62. The number of hydrogen-bond donors (Lipinski definition) is 0. The van der Waals surface area contributed by atoms with Gasteiger partial charge in [0, 0.05) is 53.4 Å². The Morgan fingerprint density at radius 1 is 0.377 bits per heavy atom. The van der Waals surface area contributed by atoms with E-state index in [1.807, 2.05) is 11.3 Å². The van der Waals surface area contributed by atoms with Gasteiger partial charge in [-0.2, -0.15) is 0 Å². The predicted octanol–water partition coefficient (Wildman–Crippen LogP) is 15.1. The predicted molar refractivity (Wildman–Crippen MR) is 227 cm³/mol. The molecule has 11 rings (SSSR count). The molecule has 0 aliphatic rings. The van der Waals surface area contributed by atoms with E-state index >= 15 is 0 Å². The Balaban J connectivity index is 1.10. The highest BCUT2D eigenvalue weighted by molar-refractivity contribution is 7.26. The SMILES string of the molecule is c1ccc(-c2ccc(N(c3ccc(-c4cccc5ccccc45)cc3)c3ccc4sc5ccc6oc7c8ccccc8ccc7c6c5c4c3)cc2)cc1. The Kier molecular flexibility index (Phi) is 6.76. The summed E-state index contributed by atoms with van der Waals surface area (Å²) in [5.41, 5.74) is 10.0. The summed E-state index contributed by atoms with van der Waals surface area (Å²) in [7, 11) is 0. The maximum atomic E-state index is 6.62. The molecular formula is C50H31NOS. The molecule has 9 aromatic carbocycles. The molecule has 0 saturated heterocycles. The summed E-state index contributed by atoms with van der Waals surface area (Å²) in [5.74, 6) is 0. The number of benzene rings is 9. The van der Waals surface area contributed by atoms with Gasteiger partial charge in [0.15, 0.2) is 0 Å². The normalized spacial score (nSPS) is 11.8. The van der Waals surface area contributed by atoms with Gasteiger partial charge in [-0.15, -0.1) is 11.3 Å². The third-order valence-electron chi connectivity index (χ3n) is 10.7. The molecule has 248 valence electrons. The molecule has 2 aromatic heterocycles. The molecule has 0 unspecified atom stereocenters. The van der Waals surface area contributed by atoms with E-state index in [1.54, 1.807) is 0 Å². The van der Waals surface area contributed by atoms with Gasteiger partial charge in [-0.25, -0.2) is 0 Å². The first kappa shape index (κ1) is 30.0. The second-order valence-electron chi connectivity index (χ2n) is 13.7. The molecule has 2 nitrogen and oxygen atoms in total. The lowest BCUT2D eigenvalue weighted by molar-refractivity contribution is 0.673. The van der Waals surface area contributed by atoms with Crippen LogP contribution in [0.1, 0.15) is 0 Å². The zero-order valence-electron chi connectivity index (χ0n) is 28.7. The minimum absolute atomic E-state index is 0.923. The fourth-order valence-electron chi connectivity index (χ4n) is 8.14. The molecule has 0 fully saturated rings. The summed E-state index contributed by atoms with van der Waals surface area (Å²) in [6, 6.07) is 67.9. The van der Waals surface area contributed by atoms with E-state index in [9.17, 15) is 0 Å². The molecule has 0 bridgehead atoms. The molecule has 0 atom stereocenters. The summed E-state index contributed by atoms with van der Waals surface area (Å²) >= 11 is 1.84. The smallest absolute Gasteiger partial charge is 0.143 e. The number of rotatable bonds is 5. The van der Waals surface area contributed by atoms with Crippen LogP contribution in [0, 0.1) is 0 Å². The zero-order chi connectivity index (χ0) is 34.9. The van der Waals surface area contributed by atoms with Crippen LogP contribution >= 0.6 is 11.3 Å². The number of hydrogen-bond acceptors (Lipinski definition) is 3. The molecule has 0 amide bonds. The minimum Gasteiger partial charge on any atom is -0.455 e. The largest absolute Gasteiger partial charge is 0.455 e. The van der Waals surface area contributed by atoms with Gasteiger partial charge in [-0.3, -0.25) is 0 Å². The van der Waals surface area contributed by atoms with Gasteiger partial charge in [0.2, 0.25) is 0 Å². The Bertz CT molecular complexity index is 3150. The third-order valence-corrected chi connectivity index (χ3v) is 11.8. The molecule has 11 aromatic rings. The third kappa shape index (κ3) is 4.86. The summed E-state index contributed by atoms with van der Waals surface area (Å²) in [6.45, 7) is 0. The van der Waals surface area contributed by atoms with Crippen molar-refractivity contribution in [3.8, 4) is 22.3 Å². The van der Waals surface area contributed by atoms with Crippen molar-refractivity contribution in [3.63, 3.8) is 0 Å². The van der Waals surface area contributed by atoms with Crippen molar-refractivity contribution in [2.75, 3.05) is 4.90 Å². The van der Waals surface area contributed by atoms with Crippen LogP contribution in [0.4, 0.5) is 17.1 Å². The van der Waals surface area contributed by atoms with E-state index in [0.29, 0.717) is 0 Å². The zero-order valence-corrected chi connectivity index (χ0v) is 29.5. The fourth-order valence-corrected chi connectivity index (χ4v) is 9.23. The van der Waals surface area contributed by atoms with Gasteiger partial charge in [0.25, 0.3) is 0 Å². The first-order chi connectivity index (χ1) is 26.3. The Morgan fingerprint density at radius 3 is 1.79 bits per heavy atom. The lowest BCUT2D eigenvalue weighted by Gasteiger charge is -2.26. The van der Waals surface area contributed by atoms with Crippen molar-refractivity contribution in [1.29, 1.82) is 0 Å². The van der Waals surface area contributed by atoms with Crippen LogP contribution in [-0.4, -0.2) is 0 Å². The van der Waals surface area contributed by atoms with Gasteiger partial charge >= 0.3 is 0 Å². The molecule has 2 heterocycles. The average molecular weight is 694 g/mol. The summed E-state index contributed by atoms with van der Waals surface area (Å²) in [6.07, 6.45) is 0. The molecule has 0 spiro atoms. The maximum Gasteiger partial charge on any atom is 0.143 e. The number of thiophene rings is 1. The van der Waals surface area contributed by atoms with Gasteiger partial charge < -0.3 is 9.32 Å². The van der Waals surface area contributed by atoms with E-state index in [0.717, 1.165) is 39.0 Å². The van der Waals surface area contributed by atoms with Crippen LogP contribution in [0.5, 0.6) is 0 Å². The monoisotopic (exact) mass is 693 g/mol. The van der Waals surface area contributed by atoms with Crippen LogP contribution in [0.15, 0.2) is 192 Å². The van der Waals surface area contributed by atoms with Crippen LogP contribution < -0.4 is 4.90 Å². The highest BCUT2D eigenvalue weighted by Crippen LogP contribution is 2.46. The minimum atomic E-state index is 0.923. The van der Waals surface area contributed by atoms with Crippen molar-refractivity contribution in [1.82, 2.24) is 0 Å². The van der Waals surface area contributed by atoms with Crippen molar-refractivity contribution < 1.29 is 4.42 Å². The van der Waals surface area contributed by atoms with Gasteiger partial charge in [0.05, 0.1) is 0 Å². The summed E-state index contributed by atoms with van der Waals surface area (Å²) < 4.78 is 9.15. The molecule has 0 saturated carbocycles. The molecule has 0 N–H and O–H groups in total. The van der Waals surface area contributed by atoms with E-state index in [-0.39, 0.29) is 0 Å². The lowest BCUT2D eigenvalue weighted by atomic mass is 9.98. The first-order valence-electron chi connectivity index (χ1n) is 18.0. The number of anilines is 3. The molecule has 53 heavy (non-hydrogen) atoms. The van der Waals surface area contributed by atoms with E-state index in [2.05, 4.69) is 193 Å². The van der Waals surface area contributed by atoms with Crippen LogP contribution in [-0.2, 0) is 0 Å². The number of furan rings is 1. The van der Waals surface area contributed by atoms with E-state index < -0.39 is 0 Å². The van der Waals surface area contributed by atoms with Crippen LogP contribution in [0.3, 0.4) is 0 Å². The van der Waals surface area contributed by atoms with Crippen molar-refractivity contribution in [2.24, 2.45) is 0 Å². The van der Waals surface area contributed by atoms with Crippen molar-refractivity contribution in [2.45, 2.75) is 0 Å². The second-order valence-corrected chi connectivity index (χ2v) is 14.8. The molecule has 0 aliphatic carbocycles. The molecule has 0 aliphatic heterocycles. The van der Waals surface area contributed by atoms with Gasteiger partial charge in [-0.05, 0) is 99.1 Å². The summed E-state index contributed by atoms with van der Waals surface area (Å²) in [4.78, 5) is 2.38. The van der Waals surface area contributed by atoms with Crippen molar-refractivity contribution in [3.05, 3.63) is 188 Å². The van der Waals surface area contributed by atoms with E-state index in [1.165, 1.54) is 64.0 Å². The van der Waals surface area contributed by atoms with Crippen LogP contribution in [0.25, 0.3) is 85.9 Å². The van der Waals surface area contributed by atoms with Gasteiger partial charge in [0.1, 0.15) is 11.2 Å². The standard InChI is InChI=1S/C50H31NOS/c1-2-9-32(10-3-1)33-17-22-37(23-18-33)51(38-24-19-36(20-25-38)41-16-8-13-34-11-4-6-14-40(34)41)39-26-29-46-44(31-39)49-47(53-46)30-28-45-48(49)43-27-21-35-12-5-7-15-42(35)50(43)52-45/h1-31H. The average Bonchev–Trinajstić information content (AvgIpc) is 3.80.